The molecule has 1 fully saturated rings. The molecule has 2 aliphatic rings. The zero-order valence-corrected chi connectivity index (χ0v) is 16.1. The van der Waals surface area contributed by atoms with Gasteiger partial charge in [-0.2, -0.15) is 0 Å². The van der Waals surface area contributed by atoms with Crippen molar-refractivity contribution in [3.05, 3.63) is 107 Å². The summed E-state index contributed by atoms with van der Waals surface area (Å²) in [5, 5.41) is 0. The van der Waals surface area contributed by atoms with E-state index in [-0.39, 0.29) is 17.3 Å². The Kier molecular flexibility index (Phi) is 3.88. The van der Waals surface area contributed by atoms with E-state index in [1.807, 2.05) is 54.6 Å². The molecule has 0 unspecified atom stereocenters. The van der Waals surface area contributed by atoms with Crippen LogP contribution in [0.1, 0.15) is 55.0 Å². The maximum atomic E-state index is 13.5. The van der Waals surface area contributed by atoms with Crippen molar-refractivity contribution in [2.75, 3.05) is 0 Å². The van der Waals surface area contributed by atoms with E-state index >= 15 is 0 Å². The molecule has 1 saturated carbocycles. The van der Waals surface area contributed by atoms with Crippen LogP contribution in [0.4, 0.5) is 0 Å². The Bertz CT molecular complexity index is 1110. The first kappa shape index (κ1) is 17.7. The predicted molar refractivity (Wildman–Crippen MR) is 110 cm³/mol. The number of fused-ring (bicyclic) bond motifs is 1. The maximum Gasteiger partial charge on any atom is 0.178 e. The quantitative estimate of drug-likeness (QED) is 0.477. The topological polar surface area (TPSA) is 51.2 Å². The van der Waals surface area contributed by atoms with Gasteiger partial charge in [-0.25, -0.2) is 0 Å². The molecule has 0 bridgehead atoms. The molecule has 3 nitrogen and oxygen atoms in total. The van der Waals surface area contributed by atoms with Gasteiger partial charge in [-0.15, -0.1) is 0 Å². The van der Waals surface area contributed by atoms with Gasteiger partial charge in [0.15, 0.2) is 17.3 Å². The van der Waals surface area contributed by atoms with Crippen molar-refractivity contribution >= 4 is 17.3 Å². The molecule has 0 radical (unpaired) electrons. The lowest BCUT2D eigenvalue weighted by molar-refractivity contribution is 0.0764. The standard InChI is InChI=1S/C26H20O3/c1-2-16-12-14-18(15-13-16)23(27)22-21(17-8-4-3-5-9-17)26(22)24(28)19-10-6-7-11-20(19)25(26)29/h3-15,21-22H,2H2,1H3/t21-,22-/m1/s1. The fourth-order valence-electron chi connectivity index (χ4n) is 4.94. The van der Waals surface area contributed by atoms with Crippen molar-refractivity contribution in [1.82, 2.24) is 0 Å². The van der Waals surface area contributed by atoms with Gasteiger partial charge >= 0.3 is 0 Å². The second-order valence-electron chi connectivity index (χ2n) is 7.85. The van der Waals surface area contributed by atoms with Gasteiger partial charge in [-0.05, 0) is 17.5 Å². The van der Waals surface area contributed by atoms with E-state index in [2.05, 4.69) is 6.92 Å². The van der Waals surface area contributed by atoms with Crippen molar-refractivity contribution in [3.8, 4) is 0 Å². The van der Waals surface area contributed by atoms with Gasteiger partial charge in [-0.3, -0.25) is 14.4 Å². The molecule has 0 heterocycles. The maximum absolute atomic E-state index is 13.5. The second-order valence-corrected chi connectivity index (χ2v) is 7.85. The number of rotatable bonds is 4. The number of ketones is 3. The van der Waals surface area contributed by atoms with Crippen molar-refractivity contribution < 1.29 is 14.4 Å². The summed E-state index contributed by atoms with van der Waals surface area (Å²) in [6.45, 7) is 2.06. The molecule has 3 aromatic carbocycles. The molecule has 142 valence electrons. The van der Waals surface area contributed by atoms with Crippen molar-refractivity contribution in [3.63, 3.8) is 0 Å². The minimum absolute atomic E-state index is 0.129. The summed E-state index contributed by atoms with van der Waals surface area (Å²) in [5.74, 6) is -1.64. The molecule has 0 amide bonds. The first-order valence-electron chi connectivity index (χ1n) is 9.97. The Morgan fingerprint density at radius 3 is 1.90 bits per heavy atom. The van der Waals surface area contributed by atoms with Crippen LogP contribution in [0.3, 0.4) is 0 Å². The lowest BCUT2D eigenvalue weighted by atomic mass is 9.91. The lowest BCUT2D eigenvalue weighted by Gasteiger charge is -2.07. The third kappa shape index (κ3) is 2.34. The molecular formula is C26H20O3. The van der Waals surface area contributed by atoms with Crippen LogP contribution in [0.15, 0.2) is 78.9 Å². The van der Waals surface area contributed by atoms with Crippen LogP contribution in [0.25, 0.3) is 0 Å². The van der Waals surface area contributed by atoms with Gasteiger partial charge in [0.1, 0.15) is 5.41 Å². The number of carbonyl (C=O) groups excluding carboxylic acids is 3. The molecule has 2 atom stereocenters. The van der Waals surface area contributed by atoms with Gasteiger partial charge in [0.25, 0.3) is 0 Å². The summed E-state index contributed by atoms with van der Waals surface area (Å²) >= 11 is 0. The summed E-state index contributed by atoms with van der Waals surface area (Å²) < 4.78 is 0. The molecule has 1 spiro atoms. The monoisotopic (exact) mass is 380 g/mol. The molecule has 2 aliphatic carbocycles. The summed E-state index contributed by atoms with van der Waals surface area (Å²) in [6, 6.07) is 23.9. The highest BCUT2D eigenvalue weighted by molar-refractivity contribution is 6.35. The summed E-state index contributed by atoms with van der Waals surface area (Å²) in [7, 11) is 0. The molecule has 0 aliphatic heterocycles. The SMILES string of the molecule is CCc1ccc(C(=O)[C@H]2[C@@H](c3ccccc3)C23C(=O)c2ccccc2C3=O)cc1. The largest absolute Gasteiger partial charge is 0.294 e. The van der Waals surface area contributed by atoms with Gasteiger partial charge in [-0.1, -0.05) is 85.8 Å². The number of Topliss-reactive ketones (excluding diaryl/α,β-unsaturated/α-hetero) is 3. The number of carbonyl (C=O) groups is 3. The van der Waals surface area contributed by atoms with Gasteiger partial charge in [0.05, 0.1) is 5.92 Å². The van der Waals surface area contributed by atoms with Crippen molar-refractivity contribution in [1.29, 1.82) is 0 Å². The molecule has 0 aromatic heterocycles. The van der Waals surface area contributed by atoms with Crippen molar-refractivity contribution in [2.45, 2.75) is 19.3 Å². The summed E-state index contributed by atoms with van der Waals surface area (Å²) in [6.07, 6.45) is 0.890. The zero-order valence-electron chi connectivity index (χ0n) is 16.1. The summed E-state index contributed by atoms with van der Waals surface area (Å²) in [5.41, 5.74) is 2.15. The van der Waals surface area contributed by atoms with Crippen LogP contribution < -0.4 is 0 Å². The van der Waals surface area contributed by atoms with E-state index in [1.165, 1.54) is 0 Å². The smallest absolute Gasteiger partial charge is 0.178 e. The molecule has 29 heavy (non-hydrogen) atoms. The van der Waals surface area contributed by atoms with Crippen molar-refractivity contribution in [2.24, 2.45) is 11.3 Å². The molecular weight excluding hydrogens is 360 g/mol. The Hall–Kier alpha value is -3.33. The van der Waals surface area contributed by atoms with E-state index in [0.717, 1.165) is 17.5 Å². The fourth-order valence-corrected chi connectivity index (χ4v) is 4.94. The highest BCUT2D eigenvalue weighted by Crippen LogP contribution is 2.70. The van der Waals surface area contributed by atoms with E-state index in [4.69, 9.17) is 0 Å². The van der Waals surface area contributed by atoms with Crippen LogP contribution in [-0.2, 0) is 6.42 Å². The van der Waals surface area contributed by atoms with Gasteiger partial charge in [0, 0.05) is 22.6 Å². The number of benzene rings is 3. The minimum Gasteiger partial charge on any atom is -0.294 e. The Balaban J connectivity index is 1.63. The van der Waals surface area contributed by atoms with Crippen LogP contribution in [0.2, 0.25) is 0 Å². The van der Waals surface area contributed by atoms with Gasteiger partial charge < -0.3 is 0 Å². The van der Waals surface area contributed by atoms with Crippen LogP contribution in [0.5, 0.6) is 0 Å². The normalized spacial score (nSPS) is 21.3. The van der Waals surface area contributed by atoms with Gasteiger partial charge in [0.2, 0.25) is 0 Å². The Labute approximate surface area is 169 Å². The molecule has 3 aromatic rings. The van der Waals surface area contributed by atoms with Crippen LogP contribution in [0, 0.1) is 11.3 Å². The lowest BCUT2D eigenvalue weighted by Crippen LogP contribution is -2.23. The summed E-state index contributed by atoms with van der Waals surface area (Å²) in [4.78, 5) is 40.4. The molecule has 5 rings (SSSR count). The number of hydrogen-bond donors (Lipinski definition) is 0. The molecule has 0 saturated heterocycles. The van der Waals surface area contributed by atoms with E-state index in [0.29, 0.717) is 16.7 Å². The average Bonchev–Trinajstić information content (AvgIpc) is 3.44. The first-order valence-corrected chi connectivity index (χ1v) is 9.97. The van der Waals surface area contributed by atoms with Crippen LogP contribution >= 0.6 is 0 Å². The predicted octanol–water partition coefficient (Wildman–Crippen LogP) is 4.91. The minimum atomic E-state index is -1.30. The van der Waals surface area contributed by atoms with E-state index in [9.17, 15) is 14.4 Å². The zero-order chi connectivity index (χ0) is 20.2. The Morgan fingerprint density at radius 2 is 1.34 bits per heavy atom. The Morgan fingerprint density at radius 1 is 0.793 bits per heavy atom. The van der Waals surface area contributed by atoms with E-state index < -0.39 is 17.3 Å². The van der Waals surface area contributed by atoms with Crippen LogP contribution in [-0.4, -0.2) is 17.3 Å². The number of hydrogen-bond acceptors (Lipinski definition) is 3. The highest BCUT2D eigenvalue weighted by atomic mass is 16.2. The number of aryl methyl sites for hydroxylation is 1. The highest BCUT2D eigenvalue weighted by Gasteiger charge is 2.78. The van der Waals surface area contributed by atoms with E-state index in [1.54, 1.807) is 24.3 Å². The first-order chi connectivity index (χ1) is 14.1. The second kappa shape index (κ2) is 6.35. The third-order valence-corrected chi connectivity index (χ3v) is 6.46. The third-order valence-electron chi connectivity index (χ3n) is 6.46. The molecule has 3 heteroatoms. The average molecular weight is 380 g/mol. The molecule has 0 N–H and O–H groups in total. The fraction of sp³-hybridized carbons (Fsp3) is 0.192.